The fourth-order valence-electron chi connectivity index (χ4n) is 1.83. The van der Waals surface area contributed by atoms with E-state index in [2.05, 4.69) is 15.4 Å². The fourth-order valence-corrected chi connectivity index (χ4v) is 1.83. The lowest BCUT2D eigenvalue weighted by atomic mass is 10.2. The zero-order chi connectivity index (χ0) is 15.1. The number of nitrogens with one attached hydrogen (secondary N) is 2. The summed E-state index contributed by atoms with van der Waals surface area (Å²) in [5, 5.41) is 5.18. The molecule has 1 aliphatic heterocycles. The largest absolute Gasteiger partial charge is 0.486 e. The van der Waals surface area contributed by atoms with Gasteiger partial charge in [0.25, 0.3) is 0 Å². The van der Waals surface area contributed by atoms with E-state index in [-0.39, 0.29) is 25.0 Å². The van der Waals surface area contributed by atoms with Crippen molar-refractivity contribution in [3.8, 4) is 11.5 Å². The van der Waals surface area contributed by atoms with Crippen LogP contribution in [0, 0.1) is 0 Å². The second-order valence-electron chi connectivity index (χ2n) is 4.47. The van der Waals surface area contributed by atoms with Crippen LogP contribution < -0.4 is 20.1 Å². The van der Waals surface area contributed by atoms with Gasteiger partial charge in [-0.1, -0.05) is 12.1 Å². The molecule has 0 saturated heterocycles. The second kappa shape index (κ2) is 7.37. The number of fused-ring (bicyclic) bond motifs is 1. The normalized spacial score (nSPS) is 16.0. The Bertz CT molecular complexity index is 506. The highest BCUT2D eigenvalue weighted by atomic mass is 16.6. The van der Waals surface area contributed by atoms with Gasteiger partial charge in [-0.2, -0.15) is 0 Å². The molecule has 2 amide bonds. The van der Waals surface area contributed by atoms with E-state index in [1.807, 2.05) is 24.3 Å². The molecule has 21 heavy (non-hydrogen) atoms. The van der Waals surface area contributed by atoms with Crippen LogP contribution in [0.15, 0.2) is 24.3 Å². The Morgan fingerprint density at radius 1 is 1.29 bits per heavy atom. The number of hydrogen-bond donors (Lipinski definition) is 2. The second-order valence-corrected chi connectivity index (χ2v) is 4.47. The minimum absolute atomic E-state index is 0.172. The van der Waals surface area contributed by atoms with E-state index in [0.717, 1.165) is 0 Å². The Labute approximate surface area is 122 Å². The number of carbonyl (C=O) groups excluding carboxylic acids is 2. The topological polar surface area (TPSA) is 85.9 Å². The van der Waals surface area contributed by atoms with E-state index >= 15 is 0 Å². The van der Waals surface area contributed by atoms with Crippen molar-refractivity contribution in [1.29, 1.82) is 0 Å². The molecule has 0 fully saturated rings. The predicted octanol–water partition coefficient (Wildman–Crippen LogP) is 0.689. The van der Waals surface area contributed by atoms with Gasteiger partial charge in [-0.25, -0.2) is 4.79 Å². The van der Waals surface area contributed by atoms with Crippen LogP contribution in [0.2, 0.25) is 0 Å². The SMILES string of the molecule is COC(=O)NCCC(=O)NC[C@H]1COc2ccccc2O1. The minimum Gasteiger partial charge on any atom is -0.486 e. The standard InChI is InChI=1S/C14H18N2O5/c1-19-14(18)15-7-6-13(17)16-8-10-9-20-11-4-2-3-5-12(11)21-10/h2-5,10H,6-9H2,1H3,(H,15,18)(H,16,17)/t10-/m0/s1. The Morgan fingerprint density at radius 3 is 2.81 bits per heavy atom. The lowest BCUT2D eigenvalue weighted by Crippen LogP contribution is -2.41. The number of alkyl carbamates (subject to hydrolysis) is 1. The van der Waals surface area contributed by atoms with Crippen LogP contribution in [0.4, 0.5) is 4.79 Å². The molecule has 7 heteroatoms. The zero-order valence-corrected chi connectivity index (χ0v) is 11.8. The predicted molar refractivity (Wildman–Crippen MR) is 74.4 cm³/mol. The van der Waals surface area contributed by atoms with Gasteiger partial charge in [0.1, 0.15) is 12.7 Å². The number of benzene rings is 1. The lowest BCUT2D eigenvalue weighted by Gasteiger charge is -2.26. The molecular formula is C14H18N2O5. The molecule has 0 saturated carbocycles. The van der Waals surface area contributed by atoms with Crippen LogP contribution in [0.3, 0.4) is 0 Å². The van der Waals surface area contributed by atoms with Gasteiger partial charge in [0.2, 0.25) is 5.91 Å². The maximum Gasteiger partial charge on any atom is 0.406 e. The molecule has 1 aliphatic rings. The number of amides is 2. The third-order valence-corrected chi connectivity index (χ3v) is 2.90. The summed E-state index contributed by atoms with van der Waals surface area (Å²) >= 11 is 0. The molecule has 7 nitrogen and oxygen atoms in total. The Morgan fingerprint density at radius 2 is 2.05 bits per heavy atom. The van der Waals surface area contributed by atoms with Crippen molar-refractivity contribution in [2.45, 2.75) is 12.5 Å². The van der Waals surface area contributed by atoms with Crippen LogP contribution in [-0.2, 0) is 9.53 Å². The highest BCUT2D eigenvalue weighted by molar-refractivity contribution is 5.77. The van der Waals surface area contributed by atoms with E-state index in [1.54, 1.807) is 0 Å². The summed E-state index contributed by atoms with van der Waals surface area (Å²) in [6.45, 7) is 0.965. The smallest absolute Gasteiger partial charge is 0.406 e. The van der Waals surface area contributed by atoms with Gasteiger partial charge < -0.3 is 24.8 Å². The number of methoxy groups -OCH3 is 1. The van der Waals surface area contributed by atoms with E-state index in [9.17, 15) is 9.59 Å². The molecule has 0 unspecified atom stereocenters. The first kappa shape index (κ1) is 15.0. The summed E-state index contributed by atoms with van der Waals surface area (Å²) in [7, 11) is 1.27. The van der Waals surface area contributed by atoms with Gasteiger partial charge in [0.05, 0.1) is 13.7 Å². The van der Waals surface area contributed by atoms with E-state index in [0.29, 0.717) is 24.7 Å². The first-order chi connectivity index (χ1) is 10.2. The van der Waals surface area contributed by atoms with E-state index < -0.39 is 6.09 Å². The number of ether oxygens (including phenoxy) is 3. The number of rotatable bonds is 5. The van der Waals surface area contributed by atoms with E-state index in [1.165, 1.54) is 7.11 Å². The molecule has 2 N–H and O–H groups in total. The molecule has 1 aromatic carbocycles. The first-order valence-corrected chi connectivity index (χ1v) is 6.66. The minimum atomic E-state index is -0.552. The van der Waals surface area contributed by atoms with Crippen molar-refractivity contribution in [2.24, 2.45) is 0 Å². The van der Waals surface area contributed by atoms with Crippen molar-refractivity contribution >= 4 is 12.0 Å². The molecule has 0 radical (unpaired) electrons. The number of para-hydroxylation sites is 2. The van der Waals surface area contributed by atoms with E-state index in [4.69, 9.17) is 9.47 Å². The average molecular weight is 294 g/mol. The van der Waals surface area contributed by atoms with Crippen molar-refractivity contribution in [3.63, 3.8) is 0 Å². The summed E-state index contributed by atoms with van der Waals surface area (Å²) in [5.74, 6) is 1.21. The van der Waals surface area contributed by atoms with Gasteiger partial charge in [-0.3, -0.25) is 4.79 Å². The fraction of sp³-hybridized carbons (Fsp3) is 0.429. The summed E-state index contributed by atoms with van der Waals surface area (Å²) in [6, 6.07) is 7.40. The summed E-state index contributed by atoms with van der Waals surface area (Å²) in [4.78, 5) is 22.4. The van der Waals surface area contributed by atoms with Crippen LogP contribution in [0.25, 0.3) is 0 Å². The molecule has 1 aromatic rings. The molecule has 0 aromatic heterocycles. The zero-order valence-electron chi connectivity index (χ0n) is 11.8. The Balaban J connectivity index is 1.67. The van der Waals surface area contributed by atoms with Gasteiger partial charge in [-0.15, -0.1) is 0 Å². The van der Waals surface area contributed by atoms with Crippen molar-refractivity contribution < 1.29 is 23.8 Å². The maximum absolute atomic E-state index is 11.6. The average Bonchev–Trinajstić information content (AvgIpc) is 2.52. The molecule has 1 atom stereocenters. The Kier molecular flexibility index (Phi) is 5.25. The molecule has 0 bridgehead atoms. The Hall–Kier alpha value is -2.44. The van der Waals surface area contributed by atoms with Crippen molar-refractivity contribution in [3.05, 3.63) is 24.3 Å². The number of hydrogen-bond acceptors (Lipinski definition) is 5. The van der Waals surface area contributed by atoms with Gasteiger partial charge in [-0.05, 0) is 12.1 Å². The highest BCUT2D eigenvalue weighted by Gasteiger charge is 2.20. The number of carbonyl (C=O) groups is 2. The molecule has 2 rings (SSSR count). The highest BCUT2D eigenvalue weighted by Crippen LogP contribution is 2.30. The third kappa shape index (κ3) is 4.55. The monoisotopic (exact) mass is 294 g/mol. The van der Waals surface area contributed by atoms with Crippen LogP contribution in [0.5, 0.6) is 11.5 Å². The molecular weight excluding hydrogens is 276 g/mol. The van der Waals surface area contributed by atoms with Gasteiger partial charge >= 0.3 is 6.09 Å². The maximum atomic E-state index is 11.6. The van der Waals surface area contributed by atoms with Crippen molar-refractivity contribution in [1.82, 2.24) is 10.6 Å². The molecule has 1 heterocycles. The summed E-state index contributed by atoms with van der Waals surface area (Å²) in [6.07, 6.45) is -0.597. The van der Waals surface area contributed by atoms with Crippen LogP contribution in [0.1, 0.15) is 6.42 Å². The quantitative estimate of drug-likeness (QED) is 0.834. The van der Waals surface area contributed by atoms with Crippen LogP contribution in [-0.4, -0.2) is 44.9 Å². The summed E-state index contributed by atoms with van der Waals surface area (Å²) < 4.78 is 15.7. The lowest BCUT2D eigenvalue weighted by molar-refractivity contribution is -0.121. The van der Waals surface area contributed by atoms with Crippen molar-refractivity contribution in [2.75, 3.05) is 26.8 Å². The molecule has 0 aliphatic carbocycles. The van der Waals surface area contributed by atoms with Crippen LogP contribution >= 0.6 is 0 Å². The summed E-state index contributed by atoms with van der Waals surface area (Å²) in [5.41, 5.74) is 0. The molecule has 0 spiro atoms. The third-order valence-electron chi connectivity index (χ3n) is 2.90. The first-order valence-electron chi connectivity index (χ1n) is 6.66. The van der Waals surface area contributed by atoms with Gasteiger partial charge in [0, 0.05) is 13.0 Å². The van der Waals surface area contributed by atoms with Gasteiger partial charge in [0.15, 0.2) is 11.5 Å². The molecule has 114 valence electrons.